The lowest BCUT2D eigenvalue weighted by Gasteiger charge is -2.19. The summed E-state index contributed by atoms with van der Waals surface area (Å²) in [7, 11) is 0. The number of hydrogen-bond acceptors (Lipinski definition) is 2. The number of urea groups is 1. The molecule has 0 unspecified atom stereocenters. The second-order valence-electron chi connectivity index (χ2n) is 4.62. The van der Waals surface area contributed by atoms with E-state index in [2.05, 4.69) is 10.6 Å². The number of hydrogen-bond donors (Lipinski definition) is 2. The Morgan fingerprint density at radius 2 is 1.89 bits per heavy atom. The van der Waals surface area contributed by atoms with Gasteiger partial charge < -0.3 is 15.4 Å². The van der Waals surface area contributed by atoms with E-state index in [1.165, 1.54) is 0 Å². The third-order valence-electron chi connectivity index (χ3n) is 3.02. The van der Waals surface area contributed by atoms with Gasteiger partial charge in [0.2, 0.25) is 0 Å². The highest BCUT2D eigenvalue weighted by Crippen LogP contribution is 2.24. The maximum atomic E-state index is 11.8. The summed E-state index contributed by atoms with van der Waals surface area (Å²) in [5.74, 6) is 0.821. The van der Waals surface area contributed by atoms with Gasteiger partial charge in [-0.05, 0) is 33.3 Å². The molecule has 1 aromatic carbocycles. The molecule has 0 fully saturated rings. The van der Waals surface area contributed by atoms with E-state index in [1.54, 1.807) is 0 Å². The maximum absolute atomic E-state index is 11.8. The molecule has 0 saturated heterocycles. The van der Waals surface area contributed by atoms with Gasteiger partial charge in [0.1, 0.15) is 5.75 Å². The fraction of sp³-hybridized carbons (Fsp3) is 0.533. The molecule has 0 aliphatic carbocycles. The minimum atomic E-state index is -0.145. The molecule has 106 valence electrons. The fourth-order valence-electron chi connectivity index (χ4n) is 1.77. The SMILES string of the molecule is CCOc1ccccc1[C@H](C)NC(=O)N[C@H](C)CC. The number of nitrogens with one attached hydrogen (secondary N) is 2. The molecular formula is C15H24N2O2. The summed E-state index contributed by atoms with van der Waals surface area (Å²) in [6.07, 6.45) is 0.914. The van der Waals surface area contributed by atoms with Crippen molar-refractivity contribution in [3.05, 3.63) is 29.8 Å². The van der Waals surface area contributed by atoms with Crippen LogP contribution in [0.15, 0.2) is 24.3 Å². The molecule has 1 rings (SSSR count). The standard InChI is InChI=1S/C15H24N2O2/c1-5-11(3)16-15(18)17-12(4)13-9-7-8-10-14(13)19-6-2/h7-12H,5-6H2,1-4H3,(H2,16,17,18)/t11-,12+/m1/s1. The van der Waals surface area contributed by atoms with E-state index < -0.39 is 0 Å². The van der Waals surface area contributed by atoms with Crippen molar-refractivity contribution in [3.63, 3.8) is 0 Å². The van der Waals surface area contributed by atoms with Crippen LogP contribution in [0.25, 0.3) is 0 Å². The van der Waals surface area contributed by atoms with Crippen LogP contribution in [0.2, 0.25) is 0 Å². The topological polar surface area (TPSA) is 50.4 Å². The molecule has 0 aromatic heterocycles. The largest absolute Gasteiger partial charge is 0.494 e. The van der Waals surface area contributed by atoms with Gasteiger partial charge in [-0.1, -0.05) is 25.1 Å². The van der Waals surface area contributed by atoms with Crippen LogP contribution in [-0.2, 0) is 0 Å². The third-order valence-corrected chi connectivity index (χ3v) is 3.02. The number of benzene rings is 1. The molecule has 0 bridgehead atoms. The van der Waals surface area contributed by atoms with Crippen LogP contribution in [0.4, 0.5) is 4.79 Å². The monoisotopic (exact) mass is 264 g/mol. The van der Waals surface area contributed by atoms with E-state index in [1.807, 2.05) is 52.0 Å². The molecule has 0 radical (unpaired) electrons. The van der Waals surface area contributed by atoms with E-state index in [-0.39, 0.29) is 18.1 Å². The van der Waals surface area contributed by atoms with Crippen LogP contribution in [0.5, 0.6) is 5.75 Å². The lowest BCUT2D eigenvalue weighted by atomic mass is 10.1. The summed E-state index contributed by atoms with van der Waals surface area (Å²) < 4.78 is 5.57. The van der Waals surface area contributed by atoms with Gasteiger partial charge in [-0.2, -0.15) is 0 Å². The summed E-state index contributed by atoms with van der Waals surface area (Å²) in [6.45, 7) is 8.54. The van der Waals surface area contributed by atoms with Crippen LogP contribution in [0.3, 0.4) is 0 Å². The molecular weight excluding hydrogens is 240 g/mol. The van der Waals surface area contributed by atoms with Gasteiger partial charge in [-0.25, -0.2) is 4.79 Å². The van der Waals surface area contributed by atoms with Gasteiger partial charge in [-0.15, -0.1) is 0 Å². The highest BCUT2D eigenvalue weighted by Gasteiger charge is 2.14. The number of carbonyl (C=O) groups excluding carboxylic acids is 1. The zero-order valence-electron chi connectivity index (χ0n) is 12.2. The van der Waals surface area contributed by atoms with Crippen LogP contribution < -0.4 is 15.4 Å². The van der Waals surface area contributed by atoms with Crippen molar-refractivity contribution in [1.29, 1.82) is 0 Å². The molecule has 1 aromatic rings. The molecule has 2 amide bonds. The zero-order valence-corrected chi connectivity index (χ0v) is 12.2. The molecule has 19 heavy (non-hydrogen) atoms. The van der Waals surface area contributed by atoms with Crippen molar-refractivity contribution in [3.8, 4) is 5.75 Å². The predicted molar refractivity (Wildman–Crippen MR) is 77.4 cm³/mol. The Labute approximate surface area is 115 Å². The van der Waals surface area contributed by atoms with Crippen molar-refractivity contribution < 1.29 is 9.53 Å². The maximum Gasteiger partial charge on any atom is 0.315 e. The number of carbonyl (C=O) groups is 1. The first-order chi connectivity index (χ1) is 9.08. The van der Waals surface area contributed by atoms with Crippen molar-refractivity contribution in [2.24, 2.45) is 0 Å². The molecule has 0 spiro atoms. The predicted octanol–water partition coefficient (Wildman–Crippen LogP) is 3.24. The quantitative estimate of drug-likeness (QED) is 0.828. The first-order valence-corrected chi connectivity index (χ1v) is 6.87. The van der Waals surface area contributed by atoms with Crippen molar-refractivity contribution in [1.82, 2.24) is 10.6 Å². The molecule has 0 heterocycles. The van der Waals surface area contributed by atoms with Crippen LogP contribution >= 0.6 is 0 Å². The Balaban J connectivity index is 2.67. The summed E-state index contributed by atoms with van der Waals surface area (Å²) in [5, 5.41) is 5.82. The number of amides is 2. The molecule has 4 heteroatoms. The van der Waals surface area contributed by atoms with E-state index >= 15 is 0 Å². The molecule has 2 atom stereocenters. The lowest BCUT2D eigenvalue weighted by Crippen LogP contribution is -2.41. The summed E-state index contributed by atoms with van der Waals surface area (Å²) >= 11 is 0. The fourth-order valence-corrected chi connectivity index (χ4v) is 1.77. The lowest BCUT2D eigenvalue weighted by molar-refractivity contribution is 0.234. The zero-order chi connectivity index (χ0) is 14.3. The Kier molecular flexibility index (Phi) is 6.19. The first kappa shape index (κ1) is 15.3. The van der Waals surface area contributed by atoms with Crippen LogP contribution in [0.1, 0.15) is 45.7 Å². The van der Waals surface area contributed by atoms with E-state index in [4.69, 9.17) is 4.74 Å². The normalized spacial score (nSPS) is 13.5. The summed E-state index contributed by atoms with van der Waals surface area (Å²) in [5.41, 5.74) is 0.989. The Morgan fingerprint density at radius 1 is 1.21 bits per heavy atom. The highest BCUT2D eigenvalue weighted by molar-refractivity contribution is 5.74. The Hall–Kier alpha value is -1.71. The van der Waals surface area contributed by atoms with Crippen molar-refractivity contribution in [2.45, 2.75) is 46.2 Å². The van der Waals surface area contributed by atoms with Crippen LogP contribution in [-0.4, -0.2) is 18.7 Å². The smallest absolute Gasteiger partial charge is 0.315 e. The molecule has 4 nitrogen and oxygen atoms in total. The van der Waals surface area contributed by atoms with E-state index in [0.29, 0.717) is 6.61 Å². The third kappa shape index (κ3) is 4.81. The second-order valence-corrected chi connectivity index (χ2v) is 4.62. The van der Waals surface area contributed by atoms with Gasteiger partial charge in [0, 0.05) is 11.6 Å². The average molecular weight is 264 g/mol. The highest BCUT2D eigenvalue weighted by atomic mass is 16.5. The minimum Gasteiger partial charge on any atom is -0.494 e. The van der Waals surface area contributed by atoms with Gasteiger partial charge in [0.25, 0.3) is 0 Å². The molecule has 0 aliphatic rings. The van der Waals surface area contributed by atoms with Gasteiger partial charge in [-0.3, -0.25) is 0 Å². The Morgan fingerprint density at radius 3 is 2.53 bits per heavy atom. The number of ether oxygens (including phenoxy) is 1. The molecule has 0 saturated carbocycles. The second kappa shape index (κ2) is 7.67. The van der Waals surface area contributed by atoms with E-state index in [0.717, 1.165) is 17.7 Å². The minimum absolute atomic E-state index is 0.0909. The van der Waals surface area contributed by atoms with Gasteiger partial charge in [0.15, 0.2) is 0 Å². The first-order valence-electron chi connectivity index (χ1n) is 6.87. The van der Waals surface area contributed by atoms with Gasteiger partial charge >= 0.3 is 6.03 Å². The number of rotatable bonds is 6. The number of para-hydroxylation sites is 1. The summed E-state index contributed by atoms with van der Waals surface area (Å²) in [6, 6.07) is 7.71. The van der Waals surface area contributed by atoms with Crippen molar-refractivity contribution in [2.75, 3.05) is 6.61 Å². The van der Waals surface area contributed by atoms with Gasteiger partial charge in [0.05, 0.1) is 12.6 Å². The van der Waals surface area contributed by atoms with E-state index in [9.17, 15) is 4.79 Å². The van der Waals surface area contributed by atoms with Crippen molar-refractivity contribution >= 4 is 6.03 Å². The average Bonchev–Trinajstić information content (AvgIpc) is 2.39. The summed E-state index contributed by atoms with van der Waals surface area (Å²) in [4.78, 5) is 11.8. The molecule has 2 N–H and O–H groups in total. The Bertz CT molecular complexity index is 407. The van der Waals surface area contributed by atoms with Crippen LogP contribution in [0, 0.1) is 0 Å². The molecule has 0 aliphatic heterocycles.